The van der Waals surface area contributed by atoms with Crippen LogP contribution < -0.4 is 11.1 Å². The maximum absolute atomic E-state index is 12.5. The average Bonchev–Trinajstić information content (AvgIpc) is 0.919. The van der Waals surface area contributed by atoms with E-state index in [0.29, 0.717) is 90.2 Å². The summed E-state index contributed by atoms with van der Waals surface area (Å²) in [5.74, 6) is -0.951. The lowest BCUT2D eigenvalue weighted by Crippen LogP contribution is -2.33. The van der Waals surface area contributed by atoms with Gasteiger partial charge in [0, 0.05) is 75.9 Å². The van der Waals surface area contributed by atoms with Crippen molar-refractivity contribution in [3.63, 3.8) is 0 Å². The number of nitrogens with one attached hydrogen (secondary N) is 1. The Hall–Kier alpha value is -6.33. The van der Waals surface area contributed by atoms with Crippen molar-refractivity contribution >= 4 is 104 Å². The van der Waals surface area contributed by atoms with Crippen LogP contribution in [0.25, 0.3) is 0 Å². The Bertz CT molecular complexity index is 3400. The highest BCUT2D eigenvalue weighted by Gasteiger charge is 2.36. The summed E-state index contributed by atoms with van der Waals surface area (Å²) < 4.78 is 32.4. The molecule has 0 bridgehead atoms. The lowest BCUT2D eigenvalue weighted by atomic mass is 9.84. The third-order valence-corrected chi connectivity index (χ3v) is 16.2. The Morgan fingerprint density at radius 3 is 1.28 bits per heavy atom. The second-order valence-corrected chi connectivity index (χ2v) is 23.5. The van der Waals surface area contributed by atoms with Crippen LogP contribution in [0.3, 0.4) is 0 Å². The summed E-state index contributed by atoms with van der Waals surface area (Å²) in [6.45, 7) is 7.67. The molecular weight excluding hydrogens is 1260 g/mol. The fourth-order valence-electron chi connectivity index (χ4n) is 10.7. The normalized spacial score (nSPS) is 15.9. The summed E-state index contributed by atoms with van der Waals surface area (Å²) in [4.78, 5) is 78.9. The zero-order chi connectivity index (χ0) is 63.4. The number of amides is 5. The predicted molar refractivity (Wildman–Crippen MR) is 351 cm³/mol. The molecule has 0 aliphatic carbocycles. The van der Waals surface area contributed by atoms with Crippen LogP contribution in [-0.4, -0.2) is 174 Å². The average molecular weight is 1330 g/mol. The summed E-state index contributed by atoms with van der Waals surface area (Å²) in [5, 5.41) is 5.26. The van der Waals surface area contributed by atoms with Gasteiger partial charge in [-0.05, 0) is 132 Å². The molecule has 6 aromatic carbocycles. The van der Waals surface area contributed by atoms with E-state index >= 15 is 0 Å². The number of carbonyl (C=O) groups is 6. The number of hydrogen-bond donors (Lipinski definition) is 2. The minimum atomic E-state index is -0.424. The lowest BCUT2D eigenvalue weighted by molar-refractivity contribution is -0.117. The van der Waals surface area contributed by atoms with Crippen molar-refractivity contribution in [1.29, 1.82) is 0 Å². The third-order valence-electron chi connectivity index (χ3n) is 14.9. The van der Waals surface area contributed by atoms with Crippen LogP contribution >= 0.6 is 58.0 Å². The molecule has 480 valence electrons. The van der Waals surface area contributed by atoms with Crippen LogP contribution in [0.4, 0.5) is 11.4 Å². The molecule has 5 amide bonds. The number of benzene rings is 6. The Labute approximate surface area is 550 Å². The first-order chi connectivity index (χ1) is 43.0. The predicted octanol–water partition coefficient (Wildman–Crippen LogP) is 11.5. The van der Waals surface area contributed by atoms with Crippen LogP contribution in [0.15, 0.2) is 121 Å². The van der Waals surface area contributed by atoms with Gasteiger partial charge in [0.2, 0.25) is 11.1 Å². The van der Waals surface area contributed by atoms with Gasteiger partial charge in [-0.3, -0.25) is 38.6 Å². The van der Waals surface area contributed by atoms with Gasteiger partial charge in [-0.15, -0.1) is 0 Å². The Morgan fingerprint density at radius 2 is 0.867 bits per heavy atom. The molecular formula is C67H75Cl5N6O12. The second-order valence-electron chi connectivity index (χ2n) is 21.4. The monoisotopic (exact) mass is 1330 g/mol. The molecule has 0 aromatic heterocycles. The number of anilines is 2. The second kappa shape index (κ2) is 35.5. The van der Waals surface area contributed by atoms with Gasteiger partial charge in [0.25, 0.3) is 23.6 Å². The molecule has 0 fully saturated rings. The first kappa shape index (κ1) is 71.1. The van der Waals surface area contributed by atoms with Crippen LogP contribution in [0.2, 0.25) is 20.1 Å². The van der Waals surface area contributed by atoms with Crippen molar-refractivity contribution in [2.75, 3.05) is 131 Å². The molecule has 4 aliphatic rings. The number of ether oxygens (including phenoxy) is 6. The topological polar surface area (TPSA) is 209 Å². The van der Waals surface area contributed by atoms with Gasteiger partial charge in [-0.1, -0.05) is 102 Å². The van der Waals surface area contributed by atoms with E-state index in [0.717, 1.165) is 64.8 Å². The van der Waals surface area contributed by atoms with Gasteiger partial charge < -0.3 is 49.3 Å². The number of fused-ring (bicyclic) bond motifs is 4. The summed E-state index contributed by atoms with van der Waals surface area (Å²) >= 11 is 30.5. The molecule has 0 saturated heterocycles. The maximum Gasteiger partial charge on any atom is 0.261 e. The van der Waals surface area contributed by atoms with E-state index in [9.17, 15) is 28.8 Å². The molecule has 0 saturated carbocycles. The van der Waals surface area contributed by atoms with Crippen molar-refractivity contribution in [2.45, 2.75) is 45.2 Å². The van der Waals surface area contributed by atoms with E-state index in [-0.39, 0.29) is 101 Å². The zero-order valence-corrected chi connectivity index (χ0v) is 53.3. The van der Waals surface area contributed by atoms with E-state index < -0.39 is 5.24 Å². The van der Waals surface area contributed by atoms with Gasteiger partial charge in [0.1, 0.15) is 0 Å². The molecule has 0 radical (unpaired) electrons. The smallest absolute Gasteiger partial charge is 0.261 e. The van der Waals surface area contributed by atoms with Crippen molar-refractivity contribution in [3.05, 3.63) is 197 Å². The SMILES string of the molecule is C.CN1Cc2c(Cl)cc(Cl)cc2C(c2cccc(N)c2)C1.CN1Cc2c(Cl)cc(Cl)cc2C(c2cccc(NC(=O)CCOCCOCCOCCN3C(=O)c4ccccc4C3=O)c2)C1.O=C(Cl)CCOCCOCCOCCN1C(=O)c2ccccc2C1=O. The molecule has 2 atom stereocenters. The molecule has 0 spiro atoms. The van der Waals surface area contributed by atoms with E-state index in [1.54, 1.807) is 54.6 Å². The Balaban J connectivity index is 0.000000211. The minimum absolute atomic E-state index is 0. The van der Waals surface area contributed by atoms with Crippen LogP contribution in [0, 0.1) is 0 Å². The van der Waals surface area contributed by atoms with Crippen molar-refractivity contribution in [3.8, 4) is 0 Å². The van der Waals surface area contributed by atoms with E-state index in [2.05, 4.69) is 41.3 Å². The lowest BCUT2D eigenvalue weighted by Gasteiger charge is -2.33. The number of imide groups is 2. The summed E-state index contributed by atoms with van der Waals surface area (Å²) in [6, 6.07) is 37.1. The molecule has 6 aromatic rings. The van der Waals surface area contributed by atoms with Gasteiger partial charge in [-0.25, -0.2) is 0 Å². The number of hydrogen-bond acceptors (Lipinski definition) is 15. The number of halogens is 5. The van der Waals surface area contributed by atoms with Gasteiger partial charge >= 0.3 is 0 Å². The van der Waals surface area contributed by atoms with Crippen LogP contribution in [0.1, 0.15) is 107 Å². The van der Waals surface area contributed by atoms with Gasteiger partial charge in [0.05, 0.1) is 121 Å². The standard InChI is InChI=1S/C33H35Cl2N3O6.C17H20ClNO6.C16H16Cl2N2.CH4/c1-37-20-28(27-18-23(34)19-30(35)29(27)21-37)22-5-4-6-24(17-22)36-31(39)9-11-42-13-15-44-16-14-43-12-10-38-32(40)25-7-2-3-8-26(25)33(38)41;18-15(20)5-7-23-9-11-25-12-10-24-8-6-19-16(21)13-3-1-2-4-14(13)17(19)22;1-20-8-14(10-3-2-4-12(19)5-10)13-6-11(17)7-16(18)15(13)9-20;/h2-8,17-19,28H,9-16,20-21H2,1H3,(H,36,39);1-4H,5-12H2;2-7,14H,8-9,19H2,1H3;1H4. The van der Waals surface area contributed by atoms with Gasteiger partial charge in [0.15, 0.2) is 0 Å². The number of nitrogens with two attached hydrogens (primary N) is 1. The largest absolute Gasteiger partial charge is 0.399 e. The number of nitrogen functional groups attached to an aromatic ring is 1. The highest BCUT2D eigenvalue weighted by molar-refractivity contribution is 6.63. The fraction of sp³-hybridized carbons (Fsp3) is 0.373. The minimum Gasteiger partial charge on any atom is -0.399 e. The van der Waals surface area contributed by atoms with E-state index in [4.69, 9.17) is 92.2 Å². The Morgan fingerprint density at radius 1 is 0.489 bits per heavy atom. The summed E-state index contributed by atoms with van der Waals surface area (Å²) in [5.41, 5.74) is 16.0. The van der Waals surface area contributed by atoms with Crippen molar-refractivity contribution < 1.29 is 57.2 Å². The van der Waals surface area contributed by atoms with Gasteiger partial charge in [-0.2, -0.15) is 0 Å². The molecule has 23 heteroatoms. The number of rotatable bonds is 27. The highest BCUT2D eigenvalue weighted by Crippen LogP contribution is 2.40. The number of carbonyl (C=O) groups excluding carboxylic acids is 6. The quantitative estimate of drug-likeness (QED) is 0.0213. The van der Waals surface area contributed by atoms with Crippen LogP contribution in [-0.2, 0) is 51.1 Å². The number of nitrogens with zero attached hydrogens (tertiary/aromatic N) is 4. The summed E-state index contributed by atoms with van der Waals surface area (Å²) in [6.07, 6.45) is 0.397. The Kier molecular flexibility index (Phi) is 28.0. The molecule has 90 heavy (non-hydrogen) atoms. The van der Waals surface area contributed by atoms with Crippen molar-refractivity contribution in [2.24, 2.45) is 0 Å². The molecule has 18 nitrogen and oxygen atoms in total. The van der Waals surface area contributed by atoms with Crippen molar-refractivity contribution in [1.82, 2.24) is 19.6 Å². The first-order valence-corrected chi connectivity index (χ1v) is 31.0. The first-order valence-electron chi connectivity index (χ1n) is 29.1. The molecule has 2 unspecified atom stereocenters. The zero-order valence-electron chi connectivity index (χ0n) is 49.5. The van der Waals surface area contributed by atoms with E-state index in [1.165, 1.54) is 20.9 Å². The highest BCUT2D eigenvalue weighted by atomic mass is 35.5. The van der Waals surface area contributed by atoms with E-state index in [1.807, 2.05) is 54.6 Å². The number of likely N-dealkylation sites (N-methyl/N-ethyl adjacent to an activating group) is 2. The molecule has 4 aliphatic heterocycles. The third kappa shape index (κ3) is 19.8. The maximum atomic E-state index is 12.5. The summed E-state index contributed by atoms with van der Waals surface area (Å²) in [7, 11) is 4.17. The van der Waals surface area contributed by atoms with Crippen LogP contribution in [0.5, 0.6) is 0 Å². The fourth-order valence-corrected chi connectivity index (χ4v) is 11.9. The molecule has 3 N–H and O–H groups in total. The molecule has 10 rings (SSSR count). The molecule has 4 heterocycles.